The number of hydrogen-bond donors (Lipinski definition) is 2. The van der Waals surface area contributed by atoms with Crippen molar-refractivity contribution in [1.82, 2.24) is 9.97 Å². The van der Waals surface area contributed by atoms with Crippen molar-refractivity contribution in [2.45, 2.75) is 58.2 Å². The Bertz CT molecular complexity index is 914. The molecule has 0 saturated heterocycles. The van der Waals surface area contributed by atoms with Gasteiger partial charge in [-0.25, -0.2) is 4.39 Å². The maximum Gasteiger partial charge on any atom is 0.123 e. The van der Waals surface area contributed by atoms with E-state index in [-0.39, 0.29) is 43.9 Å². The molecule has 0 bridgehead atoms. The van der Waals surface area contributed by atoms with Gasteiger partial charge in [-0.05, 0) is 63.6 Å². The van der Waals surface area contributed by atoms with Gasteiger partial charge in [0.25, 0.3) is 0 Å². The molecular weight excluding hydrogens is 591 g/mol. The van der Waals surface area contributed by atoms with Crippen LogP contribution in [0, 0.1) is 17.7 Å². The molecule has 0 saturated carbocycles. The van der Waals surface area contributed by atoms with E-state index in [9.17, 15) is 8.78 Å². The minimum absolute atomic E-state index is 0. The summed E-state index contributed by atoms with van der Waals surface area (Å²) in [6.07, 6.45) is 3.74. The fourth-order valence-electron chi connectivity index (χ4n) is 3.53. The largest absolute Gasteiger partial charge is 0.393 e. The first-order valence-electron chi connectivity index (χ1n) is 10.5. The standard InChI is InChI=1S/C20H15F2N2.C5H12O2.Ir/c21-15-9-5-13(6-10-15)19-20(14-7-11-16(22)12-8-14)24-18-4-2-1-3-17(18)23-19;1-4(6)3-5(2)7;/h5-7,9-12H,1-4H2;4-7H,3H2,1-2H3;/q-1;;. The molecule has 0 fully saturated rings. The third-order valence-electron chi connectivity index (χ3n) is 4.96. The average molecular weight is 618 g/mol. The van der Waals surface area contributed by atoms with Gasteiger partial charge in [-0.1, -0.05) is 12.1 Å². The zero-order valence-electron chi connectivity index (χ0n) is 18.1. The molecule has 4 rings (SSSR count). The normalized spacial score (nSPS) is 14.3. The van der Waals surface area contributed by atoms with Crippen LogP contribution in [0.3, 0.4) is 0 Å². The van der Waals surface area contributed by atoms with Crippen LogP contribution in [0.2, 0.25) is 0 Å². The predicted octanol–water partition coefficient (Wildman–Crippen LogP) is 4.90. The number of aliphatic hydroxyl groups is 2. The van der Waals surface area contributed by atoms with Gasteiger partial charge in [-0.2, -0.15) is 0 Å². The van der Waals surface area contributed by atoms with Crippen molar-refractivity contribution in [3.63, 3.8) is 0 Å². The van der Waals surface area contributed by atoms with E-state index in [1.54, 1.807) is 32.0 Å². The molecule has 1 aromatic heterocycles. The van der Waals surface area contributed by atoms with Gasteiger partial charge in [-0.3, -0.25) is 14.4 Å². The quantitative estimate of drug-likeness (QED) is 0.409. The van der Waals surface area contributed by atoms with Gasteiger partial charge in [0, 0.05) is 31.6 Å². The first kappa shape index (κ1) is 26.2. The number of nitrogens with zero attached hydrogens (tertiary/aromatic N) is 2. The van der Waals surface area contributed by atoms with E-state index >= 15 is 0 Å². The molecule has 2 aromatic carbocycles. The zero-order chi connectivity index (χ0) is 22.4. The van der Waals surface area contributed by atoms with Crippen LogP contribution in [-0.4, -0.2) is 32.4 Å². The van der Waals surface area contributed by atoms with Gasteiger partial charge in [0.1, 0.15) is 5.82 Å². The first-order chi connectivity index (χ1) is 14.8. The fourth-order valence-corrected chi connectivity index (χ4v) is 3.53. The fraction of sp³-hybridized carbons (Fsp3) is 0.360. The van der Waals surface area contributed by atoms with Crippen molar-refractivity contribution in [3.05, 3.63) is 71.6 Å². The predicted molar refractivity (Wildman–Crippen MR) is 116 cm³/mol. The molecule has 0 amide bonds. The molecule has 0 spiro atoms. The summed E-state index contributed by atoms with van der Waals surface area (Å²) in [5.41, 5.74) is 4.86. The Morgan fingerprint density at radius 3 is 1.84 bits per heavy atom. The molecule has 1 heterocycles. The van der Waals surface area contributed by atoms with Gasteiger partial charge >= 0.3 is 0 Å². The number of fused-ring (bicyclic) bond motifs is 1. The monoisotopic (exact) mass is 618 g/mol. The zero-order valence-corrected chi connectivity index (χ0v) is 20.5. The minimum atomic E-state index is -0.375. The number of aryl methyl sites for hydroxylation is 2. The van der Waals surface area contributed by atoms with E-state index in [1.165, 1.54) is 24.3 Å². The second-order valence-electron chi connectivity index (χ2n) is 7.88. The number of hydrogen-bond acceptors (Lipinski definition) is 4. The van der Waals surface area contributed by atoms with Gasteiger partial charge in [0.05, 0.1) is 29.3 Å². The van der Waals surface area contributed by atoms with Crippen molar-refractivity contribution >= 4 is 0 Å². The Kier molecular flexibility index (Phi) is 10.0. The molecule has 4 nitrogen and oxygen atoms in total. The third-order valence-corrected chi connectivity index (χ3v) is 4.96. The van der Waals surface area contributed by atoms with Gasteiger partial charge in [0.2, 0.25) is 0 Å². The Hall–Kier alpha value is -2.05. The van der Waals surface area contributed by atoms with Crippen molar-refractivity contribution in [2.24, 2.45) is 0 Å². The molecule has 0 aliphatic heterocycles. The second-order valence-corrected chi connectivity index (χ2v) is 7.88. The smallest absolute Gasteiger partial charge is 0.123 e. The Morgan fingerprint density at radius 2 is 1.38 bits per heavy atom. The van der Waals surface area contributed by atoms with Crippen LogP contribution in [0.1, 0.15) is 44.5 Å². The summed E-state index contributed by atoms with van der Waals surface area (Å²) in [5, 5.41) is 17.1. The van der Waals surface area contributed by atoms with E-state index in [4.69, 9.17) is 20.2 Å². The SMILES string of the molecule is CC(O)CC(C)O.Fc1c[c-]c(-c2nc3c(nc2-c2ccc(F)cc2)CCCC3)cc1.[Ir]. The van der Waals surface area contributed by atoms with Crippen LogP contribution < -0.4 is 0 Å². The molecule has 7 heteroatoms. The van der Waals surface area contributed by atoms with Crippen LogP contribution in [-0.2, 0) is 32.9 Å². The van der Waals surface area contributed by atoms with Crippen LogP contribution in [0.15, 0.2) is 42.5 Å². The van der Waals surface area contributed by atoms with E-state index in [1.807, 2.05) is 0 Å². The van der Waals surface area contributed by atoms with Crippen molar-refractivity contribution < 1.29 is 39.1 Å². The number of halogens is 2. The van der Waals surface area contributed by atoms with Gasteiger partial charge < -0.3 is 10.2 Å². The summed E-state index contributed by atoms with van der Waals surface area (Å²) in [4.78, 5) is 9.62. The number of benzene rings is 2. The van der Waals surface area contributed by atoms with Gasteiger partial charge in [-0.15, -0.1) is 29.8 Å². The van der Waals surface area contributed by atoms with E-state index in [0.717, 1.165) is 42.6 Å². The molecule has 2 atom stereocenters. The molecule has 32 heavy (non-hydrogen) atoms. The first-order valence-corrected chi connectivity index (χ1v) is 10.5. The molecule has 2 N–H and O–H groups in total. The van der Waals surface area contributed by atoms with Crippen LogP contribution >= 0.6 is 0 Å². The Labute approximate surface area is 201 Å². The van der Waals surface area contributed by atoms with E-state index < -0.39 is 0 Å². The van der Waals surface area contributed by atoms with Crippen LogP contribution in [0.5, 0.6) is 0 Å². The minimum Gasteiger partial charge on any atom is -0.393 e. The summed E-state index contributed by atoms with van der Waals surface area (Å²) in [5.74, 6) is -0.632. The van der Waals surface area contributed by atoms with Gasteiger partial charge in [0.15, 0.2) is 0 Å². The van der Waals surface area contributed by atoms with Crippen molar-refractivity contribution in [3.8, 4) is 22.5 Å². The summed E-state index contributed by atoms with van der Waals surface area (Å²) in [6, 6.07) is 13.5. The molecule has 1 aliphatic carbocycles. The topological polar surface area (TPSA) is 66.2 Å². The molecule has 1 radical (unpaired) electrons. The maximum absolute atomic E-state index is 13.3. The Balaban J connectivity index is 0.000000398. The summed E-state index contributed by atoms with van der Waals surface area (Å²) in [6.45, 7) is 3.32. The molecule has 3 aromatic rings. The van der Waals surface area contributed by atoms with E-state index in [0.29, 0.717) is 23.4 Å². The molecular formula is C25H27F2IrN2O2-. The van der Waals surface area contributed by atoms with Crippen LogP contribution in [0.25, 0.3) is 22.5 Å². The second kappa shape index (κ2) is 12.3. The average Bonchev–Trinajstić information content (AvgIpc) is 2.73. The number of aromatic nitrogens is 2. The summed E-state index contributed by atoms with van der Waals surface area (Å²) < 4.78 is 26.5. The summed E-state index contributed by atoms with van der Waals surface area (Å²) >= 11 is 0. The third kappa shape index (κ3) is 7.24. The maximum atomic E-state index is 13.3. The molecule has 2 unspecified atom stereocenters. The van der Waals surface area contributed by atoms with E-state index in [2.05, 4.69) is 6.07 Å². The number of rotatable bonds is 4. The Morgan fingerprint density at radius 1 is 0.844 bits per heavy atom. The number of aliphatic hydroxyl groups excluding tert-OH is 2. The molecule has 173 valence electrons. The van der Waals surface area contributed by atoms with Crippen LogP contribution in [0.4, 0.5) is 8.78 Å². The molecule has 1 aliphatic rings. The van der Waals surface area contributed by atoms with Crippen molar-refractivity contribution in [2.75, 3.05) is 0 Å². The summed E-state index contributed by atoms with van der Waals surface area (Å²) in [7, 11) is 0. The van der Waals surface area contributed by atoms with Crippen molar-refractivity contribution in [1.29, 1.82) is 0 Å².